The number of fused-ring (bicyclic) bond motifs is 1. The van der Waals surface area contributed by atoms with Crippen LogP contribution in [-0.2, 0) is 19.5 Å². The van der Waals surface area contributed by atoms with E-state index in [0.717, 1.165) is 25.2 Å². The third-order valence-electron chi connectivity index (χ3n) is 4.87. The van der Waals surface area contributed by atoms with Crippen LogP contribution < -0.4 is 5.56 Å². The summed E-state index contributed by atoms with van der Waals surface area (Å²) in [5.41, 5.74) is 4.25. The first-order valence-corrected chi connectivity index (χ1v) is 9.02. The molecule has 0 N–H and O–H groups in total. The lowest BCUT2D eigenvalue weighted by molar-refractivity contribution is 0.243. The van der Waals surface area contributed by atoms with Gasteiger partial charge >= 0.3 is 0 Å². The van der Waals surface area contributed by atoms with Gasteiger partial charge in [0.2, 0.25) is 0 Å². The van der Waals surface area contributed by atoms with Crippen LogP contribution in [0.5, 0.6) is 0 Å². The number of hydrogen-bond acceptors (Lipinski definition) is 3. The zero-order valence-corrected chi connectivity index (χ0v) is 14.6. The molecule has 1 aliphatic rings. The summed E-state index contributed by atoms with van der Waals surface area (Å²) in [7, 11) is 0. The van der Waals surface area contributed by atoms with Crippen LogP contribution in [0.3, 0.4) is 0 Å². The molecule has 128 valence electrons. The molecular formula is C21H23N3O. The topological polar surface area (TPSA) is 37.6 Å². The lowest BCUT2D eigenvalue weighted by atomic mass is 10.1. The minimum absolute atomic E-state index is 0.0105. The van der Waals surface area contributed by atoms with Gasteiger partial charge in [-0.3, -0.25) is 14.1 Å². The van der Waals surface area contributed by atoms with E-state index in [1.165, 1.54) is 24.0 Å². The highest BCUT2D eigenvalue weighted by atomic mass is 16.1. The first-order valence-electron chi connectivity index (χ1n) is 9.02. The fourth-order valence-electron chi connectivity index (χ4n) is 3.26. The summed E-state index contributed by atoms with van der Waals surface area (Å²) in [6.07, 6.45) is 5.30. The normalized spacial score (nSPS) is 14.3. The van der Waals surface area contributed by atoms with Gasteiger partial charge in [0.05, 0.1) is 5.69 Å². The van der Waals surface area contributed by atoms with Gasteiger partial charge in [0, 0.05) is 31.4 Å². The number of hydrogen-bond donors (Lipinski definition) is 0. The Morgan fingerprint density at radius 2 is 1.84 bits per heavy atom. The standard InChI is InChI=1S/C21H23N3O/c1-2-16-6-8-17(9-7-16)14-23(19-10-11-19)15-18-13-21(25)24-12-4-3-5-20(24)22-18/h3-9,12-13,19H,2,10-11,14-15H2,1H3. The monoisotopic (exact) mass is 333 g/mol. The van der Waals surface area contributed by atoms with Gasteiger partial charge in [-0.2, -0.15) is 0 Å². The molecule has 1 aromatic carbocycles. The molecule has 0 unspecified atom stereocenters. The van der Waals surface area contributed by atoms with E-state index in [9.17, 15) is 4.79 Å². The molecule has 0 amide bonds. The van der Waals surface area contributed by atoms with Crippen molar-refractivity contribution in [3.8, 4) is 0 Å². The minimum atomic E-state index is -0.0105. The molecule has 0 atom stereocenters. The molecule has 0 bridgehead atoms. The largest absolute Gasteiger partial charge is 0.290 e. The number of aromatic nitrogens is 2. The van der Waals surface area contributed by atoms with Crippen LogP contribution in [0.1, 0.15) is 36.6 Å². The third-order valence-corrected chi connectivity index (χ3v) is 4.87. The van der Waals surface area contributed by atoms with Gasteiger partial charge in [-0.25, -0.2) is 4.98 Å². The maximum Gasteiger partial charge on any atom is 0.258 e. The second-order valence-corrected chi connectivity index (χ2v) is 6.82. The fraction of sp³-hybridized carbons (Fsp3) is 0.333. The Labute approximate surface area is 147 Å². The molecule has 1 fully saturated rings. The van der Waals surface area contributed by atoms with E-state index in [1.54, 1.807) is 16.7 Å². The molecule has 2 aromatic heterocycles. The summed E-state index contributed by atoms with van der Waals surface area (Å²) in [5.74, 6) is 0. The second-order valence-electron chi connectivity index (χ2n) is 6.82. The van der Waals surface area contributed by atoms with Crippen LogP contribution in [0.25, 0.3) is 5.65 Å². The molecule has 4 nitrogen and oxygen atoms in total. The van der Waals surface area contributed by atoms with Gasteiger partial charge < -0.3 is 0 Å². The highest BCUT2D eigenvalue weighted by Crippen LogP contribution is 2.29. The van der Waals surface area contributed by atoms with E-state index in [4.69, 9.17) is 0 Å². The summed E-state index contributed by atoms with van der Waals surface area (Å²) < 4.78 is 1.59. The zero-order valence-electron chi connectivity index (χ0n) is 14.6. The molecule has 0 aliphatic heterocycles. The Morgan fingerprint density at radius 1 is 1.08 bits per heavy atom. The average Bonchev–Trinajstić information content (AvgIpc) is 3.47. The number of rotatable bonds is 6. The van der Waals surface area contributed by atoms with Gasteiger partial charge in [0.15, 0.2) is 0 Å². The van der Waals surface area contributed by atoms with Crippen molar-refractivity contribution in [2.75, 3.05) is 0 Å². The zero-order chi connectivity index (χ0) is 17.2. The molecule has 2 heterocycles. The summed E-state index contributed by atoms with van der Waals surface area (Å²) in [6, 6.07) is 16.8. The van der Waals surface area contributed by atoms with Crippen molar-refractivity contribution in [2.45, 2.75) is 45.3 Å². The maximum atomic E-state index is 12.3. The summed E-state index contributed by atoms with van der Waals surface area (Å²) in [6.45, 7) is 3.81. The lowest BCUT2D eigenvalue weighted by Gasteiger charge is -2.22. The van der Waals surface area contributed by atoms with Crippen molar-refractivity contribution in [1.29, 1.82) is 0 Å². The van der Waals surface area contributed by atoms with E-state index in [1.807, 2.05) is 18.2 Å². The predicted molar refractivity (Wildman–Crippen MR) is 99.6 cm³/mol. The number of benzene rings is 1. The Balaban J connectivity index is 1.56. The number of aryl methyl sites for hydroxylation is 1. The molecule has 0 spiro atoms. The van der Waals surface area contributed by atoms with Crippen LogP contribution in [0, 0.1) is 0 Å². The van der Waals surface area contributed by atoms with Crippen LogP contribution in [0.4, 0.5) is 0 Å². The van der Waals surface area contributed by atoms with Crippen LogP contribution in [-0.4, -0.2) is 20.3 Å². The SMILES string of the molecule is CCc1ccc(CN(Cc2cc(=O)n3ccccc3n2)C2CC2)cc1. The summed E-state index contributed by atoms with van der Waals surface area (Å²) >= 11 is 0. The van der Waals surface area contributed by atoms with Crippen LogP contribution in [0.15, 0.2) is 59.5 Å². The number of nitrogens with zero attached hydrogens (tertiary/aromatic N) is 3. The predicted octanol–water partition coefficient (Wildman–Crippen LogP) is 3.42. The van der Waals surface area contributed by atoms with Crippen molar-refractivity contribution in [3.05, 3.63) is 81.9 Å². The molecule has 0 saturated heterocycles. The molecule has 4 rings (SSSR count). The van der Waals surface area contributed by atoms with Crippen molar-refractivity contribution in [2.24, 2.45) is 0 Å². The second kappa shape index (κ2) is 6.81. The third kappa shape index (κ3) is 3.64. The van der Waals surface area contributed by atoms with Gasteiger partial charge in [0.25, 0.3) is 5.56 Å². The van der Waals surface area contributed by atoms with Crippen LogP contribution >= 0.6 is 0 Å². The van der Waals surface area contributed by atoms with E-state index >= 15 is 0 Å². The van der Waals surface area contributed by atoms with E-state index in [-0.39, 0.29) is 5.56 Å². The van der Waals surface area contributed by atoms with Gasteiger partial charge in [-0.1, -0.05) is 37.3 Å². The smallest absolute Gasteiger partial charge is 0.258 e. The Morgan fingerprint density at radius 3 is 2.56 bits per heavy atom. The molecular weight excluding hydrogens is 310 g/mol. The summed E-state index contributed by atoms with van der Waals surface area (Å²) in [5, 5.41) is 0. The van der Waals surface area contributed by atoms with Gasteiger partial charge in [0.1, 0.15) is 5.65 Å². The van der Waals surface area contributed by atoms with E-state index in [2.05, 4.69) is 41.1 Å². The maximum absolute atomic E-state index is 12.3. The molecule has 1 saturated carbocycles. The van der Waals surface area contributed by atoms with E-state index in [0.29, 0.717) is 11.7 Å². The van der Waals surface area contributed by atoms with Crippen molar-refractivity contribution in [1.82, 2.24) is 14.3 Å². The highest BCUT2D eigenvalue weighted by Gasteiger charge is 2.29. The highest BCUT2D eigenvalue weighted by molar-refractivity contribution is 5.38. The van der Waals surface area contributed by atoms with Gasteiger partial charge in [-0.15, -0.1) is 0 Å². The Bertz CT molecular complexity index is 926. The van der Waals surface area contributed by atoms with Crippen molar-refractivity contribution < 1.29 is 0 Å². The molecule has 25 heavy (non-hydrogen) atoms. The average molecular weight is 333 g/mol. The van der Waals surface area contributed by atoms with Crippen molar-refractivity contribution in [3.63, 3.8) is 0 Å². The Hall–Kier alpha value is -2.46. The first-order chi connectivity index (χ1) is 12.2. The number of pyridine rings is 1. The summed E-state index contributed by atoms with van der Waals surface area (Å²) in [4.78, 5) is 19.4. The van der Waals surface area contributed by atoms with Gasteiger partial charge in [-0.05, 0) is 42.5 Å². The molecule has 0 radical (unpaired) electrons. The fourth-order valence-corrected chi connectivity index (χ4v) is 3.26. The molecule has 3 aromatic rings. The van der Waals surface area contributed by atoms with Crippen LogP contribution in [0.2, 0.25) is 0 Å². The van der Waals surface area contributed by atoms with Crippen molar-refractivity contribution >= 4 is 5.65 Å². The first kappa shape index (κ1) is 16.0. The molecule has 1 aliphatic carbocycles. The molecule has 4 heteroatoms. The Kier molecular flexibility index (Phi) is 4.36. The van der Waals surface area contributed by atoms with E-state index < -0.39 is 0 Å². The quantitative estimate of drug-likeness (QED) is 0.694. The minimum Gasteiger partial charge on any atom is -0.290 e. The lowest BCUT2D eigenvalue weighted by Crippen LogP contribution is -2.27.